The third-order valence-electron chi connectivity index (χ3n) is 1.33. The van der Waals surface area contributed by atoms with Crippen molar-refractivity contribution >= 4 is 0 Å². The highest BCUT2D eigenvalue weighted by atomic mass is 15.2. The molecule has 8 heavy (non-hydrogen) atoms. The van der Waals surface area contributed by atoms with Crippen LogP contribution in [-0.2, 0) is 0 Å². The van der Waals surface area contributed by atoms with Gasteiger partial charge in [-0.15, -0.1) is 0 Å². The fourth-order valence-electron chi connectivity index (χ4n) is 0.837. The molecule has 0 atom stereocenters. The molecule has 0 spiro atoms. The van der Waals surface area contributed by atoms with Crippen molar-refractivity contribution in [1.82, 2.24) is 10.6 Å². The molecule has 1 fully saturated rings. The SMILES string of the molecule is NC1NCCCCN1. The molecule has 0 aromatic rings. The monoisotopic (exact) mass is 115 g/mol. The molecule has 1 saturated heterocycles. The summed E-state index contributed by atoms with van der Waals surface area (Å²) in [6.07, 6.45) is 2.50. The second-order valence-electron chi connectivity index (χ2n) is 2.09. The molecule has 0 aromatic carbocycles. The third kappa shape index (κ3) is 1.78. The number of hydrogen-bond acceptors (Lipinski definition) is 3. The predicted octanol–water partition coefficient (Wildman–Crippen LogP) is -0.798. The van der Waals surface area contributed by atoms with Gasteiger partial charge < -0.3 is 5.73 Å². The number of nitrogens with two attached hydrogens (primary N) is 1. The zero-order valence-corrected chi connectivity index (χ0v) is 4.98. The smallest absolute Gasteiger partial charge is 0.109 e. The Hall–Kier alpha value is -0.120. The molecule has 0 amide bonds. The Morgan fingerprint density at radius 1 is 1.12 bits per heavy atom. The van der Waals surface area contributed by atoms with Gasteiger partial charge in [-0.1, -0.05) is 0 Å². The van der Waals surface area contributed by atoms with Crippen LogP contribution in [0, 0.1) is 0 Å². The highest BCUT2D eigenvalue weighted by Gasteiger charge is 2.02. The van der Waals surface area contributed by atoms with E-state index in [-0.39, 0.29) is 6.29 Å². The Kier molecular flexibility index (Phi) is 2.27. The minimum Gasteiger partial charge on any atom is -0.304 e. The van der Waals surface area contributed by atoms with Crippen LogP contribution in [0.3, 0.4) is 0 Å². The van der Waals surface area contributed by atoms with E-state index in [2.05, 4.69) is 10.6 Å². The molecule has 4 N–H and O–H groups in total. The lowest BCUT2D eigenvalue weighted by atomic mass is 10.3. The lowest BCUT2D eigenvalue weighted by molar-refractivity contribution is 0.479. The molecule has 3 heteroatoms. The van der Waals surface area contributed by atoms with Crippen LogP contribution in [0.1, 0.15) is 12.8 Å². The van der Waals surface area contributed by atoms with Gasteiger partial charge in [-0.3, -0.25) is 10.6 Å². The van der Waals surface area contributed by atoms with E-state index < -0.39 is 0 Å². The van der Waals surface area contributed by atoms with Gasteiger partial charge in [0.2, 0.25) is 0 Å². The molecule has 1 aliphatic rings. The van der Waals surface area contributed by atoms with E-state index >= 15 is 0 Å². The van der Waals surface area contributed by atoms with Crippen molar-refractivity contribution in [1.29, 1.82) is 0 Å². The van der Waals surface area contributed by atoms with Crippen molar-refractivity contribution < 1.29 is 0 Å². The summed E-state index contributed by atoms with van der Waals surface area (Å²) < 4.78 is 0. The van der Waals surface area contributed by atoms with Crippen LogP contribution in [0.2, 0.25) is 0 Å². The molecular formula is C5H13N3. The third-order valence-corrected chi connectivity index (χ3v) is 1.33. The zero-order chi connectivity index (χ0) is 5.82. The largest absolute Gasteiger partial charge is 0.304 e. The van der Waals surface area contributed by atoms with E-state index in [9.17, 15) is 0 Å². The first-order chi connectivity index (χ1) is 3.89. The summed E-state index contributed by atoms with van der Waals surface area (Å²) in [5.74, 6) is 0. The Morgan fingerprint density at radius 2 is 1.62 bits per heavy atom. The van der Waals surface area contributed by atoms with E-state index in [4.69, 9.17) is 5.73 Å². The van der Waals surface area contributed by atoms with Crippen molar-refractivity contribution in [2.75, 3.05) is 13.1 Å². The van der Waals surface area contributed by atoms with E-state index in [0.717, 1.165) is 13.1 Å². The van der Waals surface area contributed by atoms with E-state index in [1.165, 1.54) is 12.8 Å². The quantitative estimate of drug-likeness (QED) is 0.387. The Bertz CT molecular complexity index is 56.7. The lowest BCUT2D eigenvalue weighted by Crippen LogP contribution is -2.47. The average Bonchev–Trinajstić information content (AvgIpc) is 1.94. The normalized spacial score (nSPS) is 25.1. The maximum absolute atomic E-state index is 5.51. The Labute approximate surface area is 49.6 Å². The van der Waals surface area contributed by atoms with Gasteiger partial charge in [0.25, 0.3) is 0 Å². The molecule has 1 aliphatic heterocycles. The summed E-state index contributed by atoms with van der Waals surface area (Å²) in [5.41, 5.74) is 5.51. The highest BCUT2D eigenvalue weighted by molar-refractivity contribution is 4.61. The fourth-order valence-corrected chi connectivity index (χ4v) is 0.837. The van der Waals surface area contributed by atoms with Gasteiger partial charge >= 0.3 is 0 Å². The summed E-state index contributed by atoms with van der Waals surface area (Å²) in [4.78, 5) is 0. The number of hydrogen-bond donors (Lipinski definition) is 3. The standard InChI is InChI=1S/C5H13N3/c6-5-7-3-1-2-4-8-5/h5,7-8H,1-4,6H2. The maximum atomic E-state index is 5.51. The first-order valence-electron chi connectivity index (χ1n) is 3.12. The molecule has 0 saturated carbocycles. The van der Waals surface area contributed by atoms with Crippen LogP contribution in [0.4, 0.5) is 0 Å². The predicted molar refractivity (Wildman–Crippen MR) is 33.2 cm³/mol. The molecule has 1 rings (SSSR count). The Balaban J connectivity index is 2.17. The summed E-state index contributed by atoms with van der Waals surface area (Å²) in [7, 11) is 0. The summed E-state index contributed by atoms with van der Waals surface area (Å²) in [6.45, 7) is 2.10. The van der Waals surface area contributed by atoms with Gasteiger partial charge in [0, 0.05) is 0 Å². The first kappa shape index (κ1) is 6.01. The van der Waals surface area contributed by atoms with Gasteiger partial charge in [-0.25, -0.2) is 0 Å². The summed E-state index contributed by atoms with van der Waals surface area (Å²) >= 11 is 0. The van der Waals surface area contributed by atoms with Gasteiger partial charge in [-0.05, 0) is 25.9 Å². The Morgan fingerprint density at radius 3 is 2.12 bits per heavy atom. The van der Waals surface area contributed by atoms with E-state index in [1.807, 2.05) is 0 Å². The van der Waals surface area contributed by atoms with Crippen molar-refractivity contribution in [3.05, 3.63) is 0 Å². The summed E-state index contributed by atoms with van der Waals surface area (Å²) in [5, 5.41) is 6.22. The van der Waals surface area contributed by atoms with E-state index in [0.29, 0.717) is 0 Å². The minimum atomic E-state index is 0.0255. The molecule has 3 nitrogen and oxygen atoms in total. The molecule has 0 radical (unpaired) electrons. The molecular weight excluding hydrogens is 102 g/mol. The van der Waals surface area contributed by atoms with E-state index in [1.54, 1.807) is 0 Å². The van der Waals surface area contributed by atoms with Crippen LogP contribution in [0.15, 0.2) is 0 Å². The first-order valence-corrected chi connectivity index (χ1v) is 3.12. The van der Waals surface area contributed by atoms with Crippen LogP contribution in [0.5, 0.6) is 0 Å². The molecule has 0 bridgehead atoms. The number of rotatable bonds is 0. The second kappa shape index (κ2) is 3.02. The van der Waals surface area contributed by atoms with Crippen LogP contribution in [0.25, 0.3) is 0 Å². The topological polar surface area (TPSA) is 50.1 Å². The maximum Gasteiger partial charge on any atom is 0.109 e. The van der Waals surface area contributed by atoms with Gasteiger partial charge in [0.1, 0.15) is 6.29 Å². The van der Waals surface area contributed by atoms with Crippen LogP contribution in [-0.4, -0.2) is 19.4 Å². The van der Waals surface area contributed by atoms with Crippen molar-refractivity contribution in [3.63, 3.8) is 0 Å². The highest BCUT2D eigenvalue weighted by Crippen LogP contribution is 1.88. The summed E-state index contributed by atoms with van der Waals surface area (Å²) in [6, 6.07) is 0. The molecule has 0 aromatic heterocycles. The molecule has 0 unspecified atom stereocenters. The minimum absolute atomic E-state index is 0.0255. The van der Waals surface area contributed by atoms with Crippen molar-refractivity contribution in [2.24, 2.45) is 5.73 Å². The van der Waals surface area contributed by atoms with Gasteiger partial charge in [0.15, 0.2) is 0 Å². The van der Waals surface area contributed by atoms with Crippen molar-refractivity contribution in [3.8, 4) is 0 Å². The lowest BCUT2D eigenvalue weighted by Gasteiger charge is -2.08. The van der Waals surface area contributed by atoms with Gasteiger partial charge in [-0.2, -0.15) is 0 Å². The van der Waals surface area contributed by atoms with Crippen LogP contribution >= 0.6 is 0 Å². The average molecular weight is 115 g/mol. The number of nitrogens with one attached hydrogen (secondary N) is 2. The molecule has 0 aliphatic carbocycles. The second-order valence-corrected chi connectivity index (χ2v) is 2.09. The molecule has 1 heterocycles. The van der Waals surface area contributed by atoms with Crippen molar-refractivity contribution in [2.45, 2.75) is 19.1 Å². The molecule has 48 valence electrons. The van der Waals surface area contributed by atoms with Crippen LogP contribution < -0.4 is 16.4 Å². The van der Waals surface area contributed by atoms with Gasteiger partial charge in [0.05, 0.1) is 0 Å². The fraction of sp³-hybridized carbons (Fsp3) is 1.00. The zero-order valence-electron chi connectivity index (χ0n) is 4.98.